The van der Waals surface area contributed by atoms with Crippen molar-refractivity contribution in [2.75, 3.05) is 17.6 Å². The maximum Gasteiger partial charge on any atom is 0.416 e. The number of aromatic nitrogens is 2. The number of alkyl halides is 3. The first kappa shape index (κ1) is 14.6. The van der Waals surface area contributed by atoms with E-state index in [1.54, 1.807) is 0 Å². The van der Waals surface area contributed by atoms with Crippen molar-refractivity contribution >= 4 is 23.0 Å². The van der Waals surface area contributed by atoms with Gasteiger partial charge in [0, 0.05) is 18.3 Å². The number of anilines is 2. The summed E-state index contributed by atoms with van der Waals surface area (Å²) in [4.78, 5) is 8.10. The van der Waals surface area contributed by atoms with Crippen LogP contribution in [0.2, 0.25) is 0 Å². The van der Waals surface area contributed by atoms with Crippen molar-refractivity contribution in [2.24, 2.45) is 0 Å². The van der Waals surface area contributed by atoms with E-state index in [9.17, 15) is 13.2 Å². The Bertz CT molecular complexity index is 595. The van der Waals surface area contributed by atoms with Crippen molar-refractivity contribution in [1.29, 1.82) is 0 Å². The fourth-order valence-corrected chi connectivity index (χ4v) is 2.29. The van der Waals surface area contributed by atoms with Gasteiger partial charge in [0.15, 0.2) is 0 Å². The van der Waals surface area contributed by atoms with Gasteiger partial charge in [-0.3, -0.25) is 0 Å². The lowest BCUT2D eigenvalue weighted by atomic mass is 10.2. The molecular formula is C12H13F3N4S. The topological polar surface area (TPSA) is 63.8 Å². The number of nitrogens with one attached hydrogen (secondary N) is 1. The number of thiazole rings is 1. The molecule has 0 fully saturated rings. The molecule has 0 aliphatic rings. The Morgan fingerprint density at radius 3 is 2.65 bits per heavy atom. The van der Waals surface area contributed by atoms with Gasteiger partial charge in [0.05, 0.1) is 16.3 Å². The molecule has 2 rings (SSSR count). The molecule has 0 saturated heterocycles. The first-order valence-corrected chi connectivity index (χ1v) is 6.72. The molecular weight excluding hydrogens is 289 g/mol. The summed E-state index contributed by atoms with van der Waals surface area (Å²) in [6.07, 6.45) is -3.82. The highest BCUT2D eigenvalue weighted by Crippen LogP contribution is 2.31. The van der Waals surface area contributed by atoms with Crippen molar-refractivity contribution in [1.82, 2.24) is 9.97 Å². The number of rotatable bonds is 4. The van der Waals surface area contributed by atoms with Crippen LogP contribution in [0.4, 0.5) is 24.8 Å². The zero-order valence-corrected chi connectivity index (χ0v) is 11.5. The minimum atomic E-state index is -4.43. The highest BCUT2D eigenvalue weighted by Gasteiger charge is 2.31. The largest absolute Gasteiger partial charge is 0.416 e. The van der Waals surface area contributed by atoms with Crippen LogP contribution in [0.3, 0.4) is 0 Å². The third-order valence-corrected chi connectivity index (χ3v) is 3.35. The predicted octanol–water partition coefficient (Wildman–Crippen LogP) is 3.10. The SMILES string of the molecule is Cc1nc(CCNc2cc(C(F)(F)F)cc(N)n2)cs1. The van der Waals surface area contributed by atoms with Crippen LogP contribution in [0.1, 0.15) is 16.3 Å². The molecule has 0 aliphatic carbocycles. The fraction of sp³-hybridized carbons (Fsp3) is 0.333. The van der Waals surface area contributed by atoms with Gasteiger partial charge < -0.3 is 11.1 Å². The van der Waals surface area contributed by atoms with Gasteiger partial charge in [-0.2, -0.15) is 13.2 Å². The van der Waals surface area contributed by atoms with Gasteiger partial charge in [-0.1, -0.05) is 0 Å². The van der Waals surface area contributed by atoms with E-state index in [1.165, 1.54) is 11.3 Å². The van der Waals surface area contributed by atoms with Crippen LogP contribution in [-0.2, 0) is 12.6 Å². The quantitative estimate of drug-likeness (QED) is 0.911. The Hall–Kier alpha value is -1.83. The molecule has 2 aromatic heterocycles. The Labute approximate surface area is 117 Å². The van der Waals surface area contributed by atoms with Gasteiger partial charge in [-0.05, 0) is 19.1 Å². The standard InChI is InChI=1S/C12H13F3N4S/c1-7-18-9(6-20-7)2-3-17-11-5-8(12(13,14)15)4-10(16)19-11/h4-6H,2-3H2,1H3,(H3,16,17,19). The molecule has 0 spiro atoms. The van der Waals surface area contributed by atoms with Crippen LogP contribution in [0.5, 0.6) is 0 Å². The second kappa shape index (κ2) is 5.66. The lowest BCUT2D eigenvalue weighted by molar-refractivity contribution is -0.137. The number of nitrogens with two attached hydrogens (primary N) is 1. The first-order valence-electron chi connectivity index (χ1n) is 5.84. The van der Waals surface area contributed by atoms with Crippen LogP contribution >= 0.6 is 11.3 Å². The van der Waals surface area contributed by atoms with E-state index in [4.69, 9.17) is 5.73 Å². The van der Waals surface area contributed by atoms with Gasteiger partial charge in [0.2, 0.25) is 0 Å². The molecule has 3 N–H and O–H groups in total. The number of aryl methyl sites for hydroxylation is 1. The van der Waals surface area contributed by atoms with Crippen molar-refractivity contribution in [3.63, 3.8) is 0 Å². The van der Waals surface area contributed by atoms with Crippen molar-refractivity contribution < 1.29 is 13.2 Å². The third kappa shape index (κ3) is 3.83. The predicted molar refractivity (Wildman–Crippen MR) is 72.7 cm³/mol. The average molecular weight is 302 g/mol. The minimum absolute atomic E-state index is 0.115. The Balaban J connectivity index is 2.00. The zero-order valence-electron chi connectivity index (χ0n) is 10.7. The van der Waals surface area contributed by atoms with Gasteiger partial charge in [-0.15, -0.1) is 11.3 Å². The summed E-state index contributed by atoms with van der Waals surface area (Å²) in [6.45, 7) is 2.34. The Morgan fingerprint density at radius 2 is 2.05 bits per heavy atom. The van der Waals surface area contributed by atoms with Crippen LogP contribution in [0.15, 0.2) is 17.5 Å². The second-order valence-electron chi connectivity index (χ2n) is 4.20. The van der Waals surface area contributed by atoms with Gasteiger partial charge >= 0.3 is 6.18 Å². The molecule has 0 radical (unpaired) electrons. The molecule has 0 saturated carbocycles. The number of halogens is 3. The normalized spacial score (nSPS) is 11.6. The molecule has 0 atom stereocenters. The maximum atomic E-state index is 12.6. The van der Waals surface area contributed by atoms with Crippen LogP contribution in [0, 0.1) is 6.92 Å². The monoisotopic (exact) mass is 302 g/mol. The van der Waals surface area contributed by atoms with Crippen molar-refractivity contribution in [3.8, 4) is 0 Å². The number of nitrogen functional groups attached to an aromatic ring is 1. The second-order valence-corrected chi connectivity index (χ2v) is 5.26. The molecule has 8 heteroatoms. The van der Waals surface area contributed by atoms with E-state index in [0.717, 1.165) is 22.8 Å². The smallest absolute Gasteiger partial charge is 0.384 e. The Morgan fingerprint density at radius 1 is 1.30 bits per heavy atom. The number of hydrogen-bond donors (Lipinski definition) is 2. The summed E-state index contributed by atoms with van der Waals surface area (Å²) in [5.41, 5.74) is 5.47. The molecule has 108 valence electrons. The first-order chi connectivity index (χ1) is 9.34. The van der Waals surface area contributed by atoms with E-state index in [-0.39, 0.29) is 11.6 Å². The van der Waals surface area contributed by atoms with E-state index in [2.05, 4.69) is 15.3 Å². The molecule has 2 aromatic rings. The molecule has 20 heavy (non-hydrogen) atoms. The van der Waals surface area contributed by atoms with Gasteiger partial charge in [0.1, 0.15) is 11.6 Å². The molecule has 0 amide bonds. The lowest BCUT2D eigenvalue weighted by Gasteiger charge is -2.10. The molecule has 2 heterocycles. The van der Waals surface area contributed by atoms with E-state index >= 15 is 0 Å². The van der Waals surface area contributed by atoms with Gasteiger partial charge in [-0.25, -0.2) is 9.97 Å². The highest BCUT2D eigenvalue weighted by atomic mass is 32.1. The number of nitrogens with zero attached hydrogens (tertiary/aromatic N) is 2. The average Bonchev–Trinajstić information content (AvgIpc) is 2.73. The van der Waals surface area contributed by atoms with Crippen molar-refractivity contribution in [2.45, 2.75) is 19.5 Å². The minimum Gasteiger partial charge on any atom is -0.384 e. The summed E-state index contributed by atoms with van der Waals surface area (Å²) in [5, 5.41) is 5.71. The molecule has 0 aliphatic heterocycles. The molecule has 0 aromatic carbocycles. The van der Waals surface area contributed by atoms with Crippen molar-refractivity contribution in [3.05, 3.63) is 33.8 Å². The van der Waals surface area contributed by atoms with Gasteiger partial charge in [0.25, 0.3) is 0 Å². The highest BCUT2D eigenvalue weighted by molar-refractivity contribution is 7.09. The molecule has 0 unspecified atom stereocenters. The Kier molecular flexibility index (Phi) is 4.12. The summed E-state index contributed by atoms with van der Waals surface area (Å²) < 4.78 is 37.9. The third-order valence-electron chi connectivity index (χ3n) is 2.53. The zero-order chi connectivity index (χ0) is 14.8. The summed E-state index contributed by atoms with van der Waals surface area (Å²) in [6, 6.07) is 1.76. The summed E-state index contributed by atoms with van der Waals surface area (Å²) in [7, 11) is 0. The molecule has 4 nitrogen and oxygen atoms in total. The fourth-order valence-electron chi connectivity index (χ4n) is 1.65. The van der Waals surface area contributed by atoms with E-state index < -0.39 is 11.7 Å². The number of pyridine rings is 1. The maximum absolute atomic E-state index is 12.6. The van der Waals surface area contributed by atoms with E-state index in [0.29, 0.717) is 13.0 Å². The summed E-state index contributed by atoms with van der Waals surface area (Å²) in [5.74, 6) is -0.0453. The van der Waals surface area contributed by atoms with E-state index in [1.807, 2.05) is 12.3 Å². The van der Waals surface area contributed by atoms with Crippen LogP contribution in [0.25, 0.3) is 0 Å². The van der Waals surface area contributed by atoms with Crippen LogP contribution in [-0.4, -0.2) is 16.5 Å². The van der Waals surface area contributed by atoms with Crippen LogP contribution < -0.4 is 11.1 Å². The lowest BCUT2D eigenvalue weighted by Crippen LogP contribution is -2.11. The summed E-state index contributed by atoms with van der Waals surface area (Å²) >= 11 is 1.54. The number of hydrogen-bond acceptors (Lipinski definition) is 5. The molecule has 0 bridgehead atoms.